The molecule has 0 saturated carbocycles. The maximum atomic E-state index is 11.1. The van der Waals surface area contributed by atoms with Gasteiger partial charge >= 0.3 is 0 Å². The minimum Gasteiger partial charge on any atom is -0.495 e. The number of hydrogen-bond donors (Lipinski definition) is 2. The van der Waals surface area contributed by atoms with Gasteiger partial charge in [0.15, 0.2) is 0 Å². The number of anilines is 1. The van der Waals surface area contributed by atoms with E-state index in [1.54, 1.807) is 19.2 Å². The Morgan fingerprint density at radius 1 is 1.30 bits per heavy atom. The molecule has 0 aliphatic rings. The number of carbonyl (C=O) groups is 1. The first-order chi connectivity index (χ1) is 9.60. The molecule has 0 bridgehead atoms. The number of primary amides is 1. The van der Waals surface area contributed by atoms with Crippen LogP contribution in [-0.4, -0.2) is 13.0 Å². The predicted molar refractivity (Wildman–Crippen MR) is 83.0 cm³/mol. The van der Waals surface area contributed by atoms with Crippen molar-refractivity contribution in [2.45, 2.75) is 6.54 Å². The zero-order valence-electron chi connectivity index (χ0n) is 11.0. The first-order valence-corrected chi connectivity index (χ1v) is 6.85. The van der Waals surface area contributed by atoms with E-state index >= 15 is 0 Å². The van der Waals surface area contributed by atoms with Crippen LogP contribution < -0.4 is 15.8 Å². The fourth-order valence-electron chi connectivity index (χ4n) is 1.81. The van der Waals surface area contributed by atoms with E-state index in [2.05, 4.69) is 21.2 Å². The lowest BCUT2D eigenvalue weighted by molar-refractivity contribution is 0.1000. The van der Waals surface area contributed by atoms with E-state index in [4.69, 9.17) is 10.5 Å². The smallest absolute Gasteiger partial charge is 0.248 e. The maximum Gasteiger partial charge on any atom is 0.248 e. The first-order valence-electron chi connectivity index (χ1n) is 6.06. The van der Waals surface area contributed by atoms with Gasteiger partial charge in [-0.25, -0.2) is 0 Å². The number of halogens is 1. The first kappa shape index (κ1) is 14.4. The van der Waals surface area contributed by atoms with Gasteiger partial charge in [-0.2, -0.15) is 0 Å². The number of benzene rings is 2. The second-order valence-corrected chi connectivity index (χ2v) is 5.12. The lowest BCUT2D eigenvalue weighted by Gasteiger charge is -2.10. The quantitative estimate of drug-likeness (QED) is 0.882. The molecule has 0 aromatic heterocycles. The van der Waals surface area contributed by atoms with Crippen molar-refractivity contribution in [1.82, 2.24) is 0 Å². The summed E-state index contributed by atoms with van der Waals surface area (Å²) in [6.07, 6.45) is 0. The zero-order chi connectivity index (χ0) is 14.5. The summed E-state index contributed by atoms with van der Waals surface area (Å²) in [5.74, 6) is 0.345. The molecule has 2 aromatic carbocycles. The van der Waals surface area contributed by atoms with Crippen molar-refractivity contribution >= 4 is 27.5 Å². The molecule has 0 radical (unpaired) electrons. The Hall–Kier alpha value is -2.01. The van der Waals surface area contributed by atoms with E-state index in [9.17, 15) is 4.79 Å². The van der Waals surface area contributed by atoms with E-state index in [1.807, 2.05) is 30.3 Å². The summed E-state index contributed by atoms with van der Waals surface area (Å²) in [5, 5.41) is 3.28. The molecule has 0 saturated heterocycles. The van der Waals surface area contributed by atoms with Crippen LogP contribution in [0.5, 0.6) is 5.75 Å². The zero-order valence-corrected chi connectivity index (χ0v) is 12.6. The van der Waals surface area contributed by atoms with Gasteiger partial charge in [0.05, 0.1) is 11.6 Å². The van der Waals surface area contributed by atoms with Crippen molar-refractivity contribution in [2.75, 3.05) is 12.4 Å². The largest absolute Gasteiger partial charge is 0.495 e. The number of hydrogen-bond acceptors (Lipinski definition) is 3. The van der Waals surface area contributed by atoms with Gasteiger partial charge in [-0.15, -0.1) is 0 Å². The van der Waals surface area contributed by atoms with E-state index in [0.717, 1.165) is 21.5 Å². The van der Waals surface area contributed by atoms with Crippen molar-refractivity contribution in [2.24, 2.45) is 5.73 Å². The molecule has 0 spiro atoms. The molecule has 4 nitrogen and oxygen atoms in total. The SMILES string of the molecule is COc1cc(NCc2cccc(C(N)=O)c2)ccc1Br. The summed E-state index contributed by atoms with van der Waals surface area (Å²) in [6, 6.07) is 13.0. The topological polar surface area (TPSA) is 64.3 Å². The molecule has 0 atom stereocenters. The summed E-state index contributed by atoms with van der Waals surface area (Å²) in [6.45, 7) is 0.603. The van der Waals surface area contributed by atoms with E-state index in [0.29, 0.717) is 12.1 Å². The van der Waals surface area contributed by atoms with Crippen LogP contribution in [0.2, 0.25) is 0 Å². The van der Waals surface area contributed by atoms with Crippen molar-refractivity contribution in [3.05, 3.63) is 58.1 Å². The Morgan fingerprint density at radius 3 is 2.80 bits per heavy atom. The number of methoxy groups -OCH3 is 1. The number of nitrogens with two attached hydrogens (primary N) is 1. The molecular weight excluding hydrogens is 320 g/mol. The number of rotatable bonds is 5. The summed E-state index contributed by atoms with van der Waals surface area (Å²) >= 11 is 3.41. The van der Waals surface area contributed by atoms with Crippen molar-refractivity contribution in [3.63, 3.8) is 0 Å². The Morgan fingerprint density at radius 2 is 2.10 bits per heavy atom. The van der Waals surface area contributed by atoms with E-state index in [-0.39, 0.29) is 0 Å². The van der Waals surface area contributed by atoms with Gasteiger partial charge in [-0.3, -0.25) is 4.79 Å². The summed E-state index contributed by atoms with van der Waals surface area (Å²) < 4.78 is 6.14. The molecule has 20 heavy (non-hydrogen) atoms. The van der Waals surface area contributed by atoms with Crippen LogP contribution in [0.1, 0.15) is 15.9 Å². The minimum absolute atomic E-state index is 0.419. The van der Waals surface area contributed by atoms with Crippen LogP contribution in [-0.2, 0) is 6.54 Å². The van der Waals surface area contributed by atoms with Crippen molar-refractivity contribution < 1.29 is 9.53 Å². The molecule has 1 amide bonds. The highest BCUT2D eigenvalue weighted by atomic mass is 79.9. The number of nitrogens with one attached hydrogen (secondary N) is 1. The predicted octanol–water partition coefficient (Wildman–Crippen LogP) is 3.17. The lowest BCUT2D eigenvalue weighted by atomic mass is 10.1. The van der Waals surface area contributed by atoms with Gasteiger partial charge in [0, 0.05) is 23.9 Å². The van der Waals surface area contributed by atoms with Gasteiger partial charge in [0.1, 0.15) is 5.75 Å². The Kier molecular flexibility index (Phi) is 4.63. The standard InChI is InChI=1S/C15H15BrN2O2/c1-20-14-8-12(5-6-13(14)16)18-9-10-3-2-4-11(7-10)15(17)19/h2-8,18H,9H2,1H3,(H2,17,19). The normalized spacial score (nSPS) is 10.1. The molecule has 0 fully saturated rings. The number of carbonyl (C=O) groups excluding carboxylic acids is 1. The second kappa shape index (κ2) is 6.43. The van der Waals surface area contributed by atoms with E-state index in [1.165, 1.54) is 0 Å². The molecule has 0 aliphatic carbocycles. The summed E-state index contributed by atoms with van der Waals surface area (Å²) in [7, 11) is 1.63. The lowest BCUT2D eigenvalue weighted by Crippen LogP contribution is -2.11. The Labute approximate surface area is 126 Å². The minimum atomic E-state index is -0.419. The van der Waals surface area contributed by atoms with Crippen LogP contribution in [0.25, 0.3) is 0 Å². The molecule has 3 N–H and O–H groups in total. The summed E-state index contributed by atoms with van der Waals surface area (Å²) in [4.78, 5) is 11.1. The molecule has 2 rings (SSSR count). The molecule has 0 aliphatic heterocycles. The Balaban J connectivity index is 2.08. The van der Waals surface area contributed by atoms with Gasteiger partial charge in [0.2, 0.25) is 5.91 Å². The van der Waals surface area contributed by atoms with Crippen LogP contribution in [0.15, 0.2) is 46.9 Å². The third-order valence-corrected chi connectivity index (χ3v) is 3.51. The van der Waals surface area contributed by atoms with Gasteiger partial charge in [-0.05, 0) is 45.8 Å². The van der Waals surface area contributed by atoms with Crippen LogP contribution in [0.3, 0.4) is 0 Å². The molecule has 5 heteroatoms. The highest BCUT2D eigenvalue weighted by Crippen LogP contribution is 2.28. The third kappa shape index (κ3) is 3.51. The molecular formula is C15H15BrN2O2. The van der Waals surface area contributed by atoms with Crippen LogP contribution in [0.4, 0.5) is 5.69 Å². The van der Waals surface area contributed by atoms with Crippen LogP contribution >= 0.6 is 15.9 Å². The number of amides is 1. The van der Waals surface area contributed by atoms with E-state index < -0.39 is 5.91 Å². The van der Waals surface area contributed by atoms with Crippen molar-refractivity contribution in [3.8, 4) is 5.75 Å². The summed E-state index contributed by atoms with van der Waals surface area (Å²) in [5.41, 5.74) is 7.70. The highest BCUT2D eigenvalue weighted by Gasteiger charge is 2.03. The van der Waals surface area contributed by atoms with Gasteiger partial charge in [-0.1, -0.05) is 12.1 Å². The fourth-order valence-corrected chi connectivity index (χ4v) is 2.22. The molecule has 2 aromatic rings. The average Bonchev–Trinajstić information content (AvgIpc) is 2.46. The van der Waals surface area contributed by atoms with Gasteiger partial charge < -0.3 is 15.8 Å². The van der Waals surface area contributed by atoms with Gasteiger partial charge in [0.25, 0.3) is 0 Å². The fraction of sp³-hybridized carbons (Fsp3) is 0.133. The molecule has 104 valence electrons. The molecule has 0 unspecified atom stereocenters. The van der Waals surface area contributed by atoms with Crippen LogP contribution in [0, 0.1) is 0 Å². The highest BCUT2D eigenvalue weighted by molar-refractivity contribution is 9.10. The number of ether oxygens (including phenoxy) is 1. The average molecular weight is 335 g/mol. The monoisotopic (exact) mass is 334 g/mol. The molecule has 0 heterocycles. The second-order valence-electron chi connectivity index (χ2n) is 4.27. The van der Waals surface area contributed by atoms with Crippen molar-refractivity contribution in [1.29, 1.82) is 0 Å². The third-order valence-electron chi connectivity index (χ3n) is 2.86. The Bertz CT molecular complexity index is 629. The maximum absolute atomic E-state index is 11.1.